The Morgan fingerprint density at radius 3 is 2.55 bits per heavy atom. The van der Waals surface area contributed by atoms with Crippen molar-refractivity contribution in [2.75, 3.05) is 24.1 Å². The largest absolute Gasteiger partial charge is 0.388 e. The molecule has 7 nitrogen and oxygen atoms in total. The molecule has 1 saturated heterocycles. The van der Waals surface area contributed by atoms with Crippen LogP contribution in [-0.2, 0) is 19.7 Å². The zero-order chi connectivity index (χ0) is 23.8. The number of nitrogens with one attached hydrogen (secondary N) is 1. The van der Waals surface area contributed by atoms with Gasteiger partial charge in [-0.05, 0) is 36.8 Å². The first-order chi connectivity index (χ1) is 15.6. The molecule has 2 aromatic rings. The summed E-state index contributed by atoms with van der Waals surface area (Å²) in [5, 5.41) is 4.18. The smallest absolute Gasteiger partial charge is 0.229 e. The SMILES string of the molecule is CC(C(=O)N1CCC2(CC1)CC(c1cccc(F)c1)=NO2)c1ccc(NS(C)(=O)=O)c(F)c1. The second-order valence-electron chi connectivity index (χ2n) is 8.66. The van der Waals surface area contributed by atoms with Crippen LogP contribution in [0.1, 0.15) is 43.2 Å². The van der Waals surface area contributed by atoms with E-state index in [1.165, 1.54) is 24.3 Å². The third kappa shape index (κ3) is 5.16. The molecule has 1 spiro atoms. The van der Waals surface area contributed by atoms with Crippen LogP contribution >= 0.6 is 0 Å². The fourth-order valence-electron chi connectivity index (χ4n) is 4.25. The molecule has 0 saturated carbocycles. The number of likely N-dealkylation sites (tertiary alicyclic amines) is 1. The number of benzene rings is 2. The molecule has 1 unspecified atom stereocenters. The quantitative estimate of drug-likeness (QED) is 0.713. The molecule has 10 heteroatoms. The van der Waals surface area contributed by atoms with E-state index in [0.29, 0.717) is 49.2 Å². The summed E-state index contributed by atoms with van der Waals surface area (Å²) in [5.41, 5.74) is 1.18. The number of anilines is 1. The van der Waals surface area contributed by atoms with Crippen molar-refractivity contribution in [2.24, 2.45) is 5.16 Å². The van der Waals surface area contributed by atoms with Crippen molar-refractivity contribution in [2.45, 2.75) is 37.7 Å². The predicted octanol–water partition coefficient (Wildman–Crippen LogP) is 3.63. The molecular weight excluding hydrogens is 452 g/mol. The van der Waals surface area contributed by atoms with Crippen LogP contribution in [0.15, 0.2) is 47.6 Å². The molecule has 1 N–H and O–H groups in total. The molecule has 176 valence electrons. The minimum Gasteiger partial charge on any atom is -0.388 e. The van der Waals surface area contributed by atoms with E-state index < -0.39 is 27.4 Å². The highest BCUT2D eigenvalue weighted by molar-refractivity contribution is 7.92. The maximum absolute atomic E-state index is 14.3. The second kappa shape index (κ2) is 8.74. The first-order valence-corrected chi connectivity index (χ1v) is 12.5. The summed E-state index contributed by atoms with van der Waals surface area (Å²) in [6, 6.07) is 10.3. The number of carbonyl (C=O) groups excluding carboxylic acids is 1. The Kier molecular flexibility index (Phi) is 6.13. The van der Waals surface area contributed by atoms with Crippen LogP contribution < -0.4 is 4.72 Å². The monoisotopic (exact) mass is 477 g/mol. The van der Waals surface area contributed by atoms with Gasteiger partial charge in [-0.15, -0.1) is 0 Å². The van der Waals surface area contributed by atoms with Crippen LogP contribution in [0.2, 0.25) is 0 Å². The second-order valence-corrected chi connectivity index (χ2v) is 10.4. The maximum atomic E-state index is 14.3. The molecule has 0 aliphatic carbocycles. The first kappa shape index (κ1) is 23.2. The van der Waals surface area contributed by atoms with Gasteiger partial charge in [0.1, 0.15) is 17.2 Å². The van der Waals surface area contributed by atoms with Crippen molar-refractivity contribution in [1.29, 1.82) is 0 Å². The summed E-state index contributed by atoms with van der Waals surface area (Å²) in [7, 11) is -3.61. The number of rotatable bonds is 5. The van der Waals surface area contributed by atoms with E-state index in [1.807, 2.05) is 0 Å². The van der Waals surface area contributed by atoms with Crippen molar-refractivity contribution < 1.29 is 26.8 Å². The molecule has 33 heavy (non-hydrogen) atoms. The highest BCUT2D eigenvalue weighted by Crippen LogP contribution is 2.37. The summed E-state index contributed by atoms with van der Waals surface area (Å²) in [5.74, 6) is -1.81. The van der Waals surface area contributed by atoms with E-state index in [2.05, 4.69) is 9.88 Å². The number of hydrogen-bond donors (Lipinski definition) is 1. The summed E-state index contributed by atoms with van der Waals surface area (Å²) in [4.78, 5) is 20.5. The minimum absolute atomic E-state index is 0.141. The van der Waals surface area contributed by atoms with E-state index >= 15 is 0 Å². The zero-order valence-corrected chi connectivity index (χ0v) is 19.2. The molecule has 2 aliphatic heterocycles. The van der Waals surface area contributed by atoms with Crippen LogP contribution in [0.25, 0.3) is 0 Å². The molecule has 4 rings (SSSR count). The van der Waals surface area contributed by atoms with Gasteiger partial charge in [0.2, 0.25) is 15.9 Å². The number of amides is 1. The summed E-state index contributed by atoms with van der Waals surface area (Å²) >= 11 is 0. The molecule has 2 aliphatic rings. The summed E-state index contributed by atoms with van der Waals surface area (Å²) in [6.07, 6.45) is 2.66. The fourth-order valence-corrected chi connectivity index (χ4v) is 4.81. The molecule has 2 heterocycles. The highest BCUT2D eigenvalue weighted by Gasteiger charge is 2.43. The van der Waals surface area contributed by atoms with E-state index in [4.69, 9.17) is 4.84 Å². The van der Waals surface area contributed by atoms with Crippen molar-refractivity contribution in [3.8, 4) is 0 Å². The Bertz CT molecular complexity index is 1210. The van der Waals surface area contributed by atoms with Crippen LogP contribution in [0.5, 0.6) is 0 Å². The molecule has 1 fully saturated rings. The number of sulfonamides is 1. The van der Waals surface area contributed by atoms with Gasteiger partial charge in [-0.25, -0.2) is 17.2 Å². The van der Waals surface area contributed by atoms with E-state index in [1.54, 1.807) is 30.0 Å². The number of piperidine rings is 1. The van der Waals surface area contributed by atoms with Gasteiger partial charge >= 0.3 is 0 Å². The number of nitrogens with zero attached hydrogens (tertiary/aromatic N) is 2. The van der Waals surface area contributed by atoms with E-state index in [0.717, 1.165) is 6.26 Å². The fraction of sp³-hybridized carbons (Fsp3) is 0.391. The molecule has 1 amide bonds. The Labute approximate surface area is 191 Å². The van der Waals surface area contributed by atoms with Crippen LogP contribution in [0, 0.1) is 11.6 Å². The van der Waals surface area contributed by atoms with Crippen molar-refractivity contribution in [3.63, 3.8) is 0 Å². The normalized spacial score (nSPS) is 18.5. The predicted molar refractivity (Wildman–Crippen MR) is 120 cm³/mol. The zero-order valence-electron chi connectivity index (χ0n) is 18.3. The van der Waals surface area contributed by atoms with Crippen LogP contribution in [-0.4, -0.2) is 49.9 Å². The highest BCUT2D eigenvalue weighted by atomic mass is 32.2. The van der Waals surface area contributed by atoms with Gasteiger partial charge in [0, 0.05) is 37.9 Å². The molecule has 0 aromatic heterocycles. The van der Waals surface area contributed by atoms with Gasteiger partial charge in [0.05, 0.1) is 23.6 Å². The minimum atomic E-state index is -3.61. The Morgan fingerprint density at radius 1 is 1.18 bits per heavy atom. The van der Waals surface area contributed by atoms with Crippen molar-refractivity contribution in [1.82, 2.24) is 4.90 Å². The number of oxime groups is 1. The van der Waals surface area contributed by atoms with Crippen LogP contribution in [0.4, 0.5) is 14.5 Å². The number of hydrogen-bond acceptors (Lipinski definition) is 5. The summed E-state index contributed by atoms with van der Waals surface area (Å²) < 4.78 is 52.7. The lowest BCUT2D eigenvalue weighted by molar-refractivity contribution is -0.138. The van der Waals surface area contributed by atoms with Crippen LogP contribution in [0.3, 0.4) is 0 Å². The third-order valence-electron chi connectivity index (χ3n) is 6.14. The number of halogens is 2. The topological polar surface area (TPSA) is 88.1 Å². The van der Waals surface area contributed by atoms with Gasteiger partial charge in [-0.1, -0.05) is 23.4 Å². The van der Waals surface area contributed by atoms with Gasteiger partial charge in [-0.3, -0.25) is 9.52 Å². The molecular formula is C23H25F2N3O4S. The molecule has 0 bridgehead atoms. The van der Waals surface area contributed by atoms with Crippen molar-refractivity contribution in [3.05, 3.63) is 65.2 Å². The average Bonchev–Trinajstić information content (AvgIpc) is 3.17. The lowest BCUT2D eigenvalue weighted by Gasteiger charge is -2.38. The van der Waals surface area contributed by atoms with Gasteiger partial charge in [0.25, 0.3) is 0 Å². The van der Waals surface area contributed by atoms with Crippen molar-refractivity contribution >= 4 is 27.3 Å². The van der Waals surface area contributed by atoms with Gasteiger partial charge < -0.3 is 9.74 Å². The molecule has 1 atom stereocenters. The van der Waals surface area contributed by atoms with Gasteiger partial charge in [0.15, 0.2) is 0 Å². The molecule has 2 aromatic carbocycles. The lowest BCUT2D eigenvalue weighted by Crippen LogP contribution is -2.47. The van der Waals surface area contributed by atoms with E-state index in [-0.39, 0.29) is 17.4 Å². The van der Waals surface area contributed by atoms with E-state index in [9.17, 15) is 22.0 Å². The Morgan fingerprint density at radius 2 is 1.91 bits per heavy atom. The number of carbonyl (C=O) groups is 1. The maximum Gasteiger partial charge on any atom is 0.229 e. The third-order valence-corrected chi connectivity index (χ3v) is 6.73. The lowest BCUT2D eigenvalue weighted by atomic mass is 9.85. The first-order valence-electron chi connectivity index (χ1n) is 10.6. The standard InChI is InChI=1S/C23H25F2N3O4S/c1-15(16-6-7-20(19(25)13-16)27-33(2,30)31)22(29)28-10-8-23(9-11-28)14-21(26-32-23)17-4-3-5-18(24)12-17/h3-7,12-13,15,27H,8-11,14H2,1-2H3. The van der Waals surface area contributed by atoms with Gasteiger partial charge in [-0.2, -0.15) is 0 Å². The average molecular weight is 478 g/mol. The summed E-state index contributed by atoms with van der Waals surface area (Å²) in [6.45, 7) is 2.62. The Hall–Kier alpha value is -3.01. The Balaban J connectivity index is 1.37. The molecule has 0 radical (unpaired) electrons.